The molecule has 0 aromatic heterocycles. The van der Waals surface area contributed by atoms with Crippen LogP contribution in [0, 0.1) is 5.82 Å². The molecule has 23 heteroatoms. The van der Waals surface area contributed by atoms with Crippen molar-refractivity contribution in [1.82, 2.24) is 34.3 Å². The van der Waals surface area contributed by atoms with E-state index in [4.69, 9.17) is 9.47 Å². The third kappa shape index (κ3) is 18.2. The van der Waals surface area contributed by atoms with E-state index in [0.29, 0.717) is 120 Å². The number of piperidine rings is 2. The third-order valence-corrected chi connectivity index (χ3v) is 20.4. The number of carbonyl (C=O) groups is 5. The highest BCUT2D eigenvalue weighted by Gasteiger charge is 2.50. The van der Waals surface area contributed by atoms with Gasteiger partial charge in [0.2, 0.25) is 11.8 Å². The zero-order valence-electron chi connectivity index (χ0n) is 56.7. The molecule has 16 nitrogen and oxygen atoms in total. The van der Waals surface area contributed by atoms with Crippen LogP contribution in [0.3, 0.4) is 0 Å². The van der Waals surface area contributed by atoms with Crippen LogP contribution in [0.4, 0.5) is 41.2 Å². The molecule has 0 unspecified atom stereocenters. The van der Waals surface area contributed by atoms with Gasteiger partial charge in [-0.15, -0.1) is 0 Å². The number of carboxylic acid groups (broad SMARTS) is 1. The molecule has 1 N–H and O–H groups in total. The predicted octanol–water partition coefficient (Wildman–Crippen LogP) is 12.9. The molecule has 3 aliphatic heterocycles. The fourth-order valence-corrected chi connectivity index (χ4v) is 14.6. The summed E-state index contributed by atoms with van der Waals surface area (Å²) in [5.41, 5.74) is 1.32. The molecular formula is C76H89F7N8O8. The number of likely N-dealkylation sites (N-methyl/N-ethyl adjacent to an activating group) is 2. The molecule has 5 amide bonds. The van der Waals surface area contributed by atoms with E-state index in [0.717, 1.165) is 78.2 Å². The molecule has 530 valence electrons. The van der Waals surface area contributed by atoms with E-state index in [1.807, 2.05) is 98.0 Å². The first-order valence-electron chi connectivity index (χ1n) is 34.1. The van der Waals surface area contributed by atoms with E-state index >= 15 is 0 Å². The lowest BCUT2D eigenvalue weighted by molar-refractivity contribution is -0.143. The van der Waals surface area contributed by atoms with Crippen LogP contribution in [-0.2, 0) is 55.4 Å². The number of benzene rings is 6. The number of ether oxygens (including phenoxy) is 2. The van der Waals surface area contributed by atoms with Gasteiger partial charge in [0.1, 0.15) is 24.8 Å². The fourth-order valence-electron chi connectivity index (χ4n) is 14.6. The van der Waals surface area contributed by atoms with Crippen molar-refractivity contribution in [3.63, 3.8) is 0 Å². The molecule has 4 aliphatic rings. The average molecular weight is 1380 g/mol. The van der Waals surface area contributed by atoms with Gasteiger partial charge in [0.15, 0.2) is 0 Å². The third-order valence-electron chi connectivity index (χ3n) is 20.4. The molecule has 3 heterocycles. The van der Waals surface area contributed by atoms with E-state index in [2.05, 4.69) is 33.9 Å². The molecule has 3 fully saturated rings. The average Bonchev–Trinajstić information content (AvgIpc) is 1.67. The van der Waals surface area contributed by atoms with E-state index in [1.54, 1.807) is 28.8 Å². The number of hydrogen-bond acceptors (Lipinski definition) is 10. The van der Waals surface area contributed by atoms with Crippen LogP contribution in [0.15, 0.2) is 146 Å². The Hall–Kier alpha value is -8.22. The highest BCUT2D eigenvalue weighted by atomic mass is 19.4. The van der Waals surface area contributed by atoms with E-state index < -0.39 is 64.6 Å². The molecule has 0 radical (unpaired) electrons. The maximum Gasteiger partial charge on any atom is 0.416 e. The predicted molar refractivity (Wildman–Crippen MR) is 363 cm³/mol. The van der Waals surface area contributed by atoms with Crippen molar-refractivity contribution < 1.29 is 69.3 Å². The van der Waals surface area contributed by atoms with Crippen molar-refractivity contribution in [2.75, 3.05) is 118 Å². The fraction of sp³-hybridized carbons (Fsp3) is 0.461. The van der Waals surface area contributed by atoms with Crippen LogP contribution >= 0.6 is 0 Å². The van der Waals surface area contributed by atoms with Crippen molar-refractivity contribution in [3.05, 3.63) is 196 Å². The summed E-state index contributed by atoms with van der Waals surface area (Å²) in [5, 5.41) is 10.4. The van der Waals surface area contributed by atoms with Gasteiger partial charge in [-0.1, -0.05) is 103 Å². The summed E-state index contributed by atoms with van der Waals surface area (Å²) in [5.74, 6) is -1.80. The summed E-state index contributed by atoms with van der Waals surface area (Å²) in [6.45, 7) is 6.07. The van der Waals surface area contributed by atoms with E-state index in [9.17, 15) is 59.8 Å². The maximum absolute atomic E-state index is 14.3. The summed E-state index contributed by atoms with van der Waals surface area (Å²) in [4.78, 5) is 81.2. The molecule has 0 bridgehead atoms. The second-order valence-electron chi connectivity index (χ2n) is 27.0. The van der Waals surface area contributed by atoms with Crippen molar-refractivity contribution >= 4 is 35.4 Å². The zero-order valence-corrected chi connectivity index (χ0v) is 56.7. The second kappa shape index (κ2) is 32.4. The molecule has 3 saturated heterocycles. The summed E-state index contributed by atoms with van der Waals surface area (Å²) in [6, 6.07) is 39.4. The number of halogens is 7. The zero-order chi connectivity index (χ0) is 70.7. The Morgan fingerprint density at radius 3 is 1.94 bits per heavy atom. The number of alkyl halides is 6. The number of likely N-dealkylation sites (tertiary alicyclic amines) is 2. The number of rotatable bonds is 27. The van der Waals surface area contributed by atoms with Crippen molar-refractivity contribution in [1.29, 1.82) is 0 Å². The minimum absolute atomic E-state index is 0.0281. The van der Waals surface area contributed by atoms with Crippen molar-refractivity contribution in [2.24, 2.45) is 0 Å². The van der Waals surface area contributed by atoms with Crippen LogP contribution in [0.25, 0.3) is 11.1 Å². The largest absolute Gasteiger partial charge is 0.465 e. The SMILES string of the molecule is CN(CCCCCC(=O)N(C)CCN1CCC(N(C(=O)O)c2ccccc2-c2ccccc2)CC1)Cc1ccc(C(=O)N(C)CCCN(C)C(=O)CO[C@H]2Cc3ccccc3C23CCN(CC[C@@]2(c4ccc(F)cc4)CN(C(=O)c4cc(C(F)(F)F)cc(C(F)(F)F)c4)CO2)CC3)cc1. The Bertz CT molecular complexity index is 3700. The quantitative estimate of drug-likeness (QED) is 0.0388. The van der Waals surface area contributed by atoms with Gasteiger partial charge < -0.3 is 48.9 Å². The van der Waals surface area contributed by atoms with Gasteiger partial charge in [-0.05, 0) is 161 Å². The Morgan fingerprint density at radius 1 is 0.636 bits per heavy atom. The lowest BCUT2D eigenvalue weighted by Gasteiger charge is -2.44. The van der Waals surface area contributed by atoms with Crippen LogP contribution < -0.4 is 4.90 Å². The van der Waals surface area contributed by atoms with Gasteiger partial charge >= 0.3 is 18.4 Å². The van der Waals surface area contributed by atoms with Crippen LogP contribution in [-0.4, -0.2) is 195 Å². The maximum atomic E-state index is 14.3. The van der Waals surface area contributed by atoms with Gasteiger partial charge in [0.05, 0.1) is 29.5 Å². The number of fused-ring (bicyclic) bond motifs is 2. The summed E-state index contributed by atoms with van der Waals surface area (Å²) in [7, 11) is 7.39. The first kappa shape index (κ1) is 73.5. The first-order chi connectivity index (χ1) is 47.3. The van der Waals surface area contributed by atoms with Crippen LogP contribution in [0.5, 0.6) is 0 Å². The molecular weight excluding hydrogens is 1290 g/mol. The minimum Gasteiger partial charge on any atom is -0.465 e. The number of unbranched alkanes of at least 4 members (excludes halogenated alkanes) is 2. The number of carbonyl (C=O) groups excluding carboxylic acids is 4. The van der Waals surface area contributed by atoms with Gasteiger partial charge in [0, 0.05) is 108 Å². The number of hydrogen-bond donors (Lipinski definition) is 1. The van der Waals surface area contributed by atoms with Crippen molar-refractivity contribution in [3.8, 4) is 11.1 Å². The molecule has 6 aromatic rings. The molecule has 0 saturated carbocycles. The molecule has 10 rings (SSSR count). The number of nitrogens with zero attached hydrogens (tertiary/aromatic N) is 8. The number of amides is 5. The summed E-state index contributed by atoms with van der Waals surface area (Å²) in [6.07, 6.45) is -4.26. The second-order valence-corrected chi connectivity index (χ2v) is 27.0. The van der Waals surface area contributed by atoms with Gasteiger partial charge in [-0.2, -0.15) is 26.3 Å². The van der Waals surface area contributed by atoms with E-state index in [1.165, 1.54) is 29.2 Å². The normalized spacial score (nSPS) is 18.2. The van der Waals surface area contributed by atoms with Crippen molar-refractivity contribution in [2.45, 2.75) is 113 Å². The van der Waals surface area contributed by atoms with Gasteiger partial charge in [-0.25, -0.2) is 9.18 Å². The Morgan fingerprint density at radius 2 is 1.26 bits per heavy atom. The highest BCUT2D eigenvalue weighted by Crippen LogP contribution is 2.49. The van der Waals surface area contributed by atoms with Gasteiger partial charge in [-0.3, -0.25) is 24.1 Å². The minimum atomic E-state index is -5.15. The lowest BCUT2D eigenvalue weighted by Crippen LogP contribution is -2.50. The molecule has 2 atom stereocenters. The molecule has 1 aliphatic carbocycles. The summed E-state index contributed by atoms with van der Waals surface area (Å²) >= 11 is 0. The van der Waals surface area contributed by atoms with Crippen LogP contribution in [0.2, 0.25) is 0 Å². The standard InChI is InChI=1S/C76H89F7N8O8/c1-84(36-14-6-9-22-68(92)86(3)44-45-88-39-31-63(32-40-88)91(72(96)97)66-21-13-11-19-64(66)55-16-7-5-8-17-55)50-54-23-25-56(26-24-54)70(94)87(4)38-15-37-85(2)69(93)51-98-67-48-57-18-10-12-20-65(57)73(67)33-41-89(42-34-73)43-35-74(59-27-29-62(77)30-28-59)52-90(53-99-74)71(95)58-46-60(75(78,79)80)49-61(47-58)76(81,82)83/h5,7-8,10-13,16-21,23-30,46-47,49,63,67H,6,9,14-15,22,31-45,48,50-53H2,1-4H3,(H,96,97)/t67-,74-/m0/s1. The molecule has 1 spiro atoms. The lowest BCUT2D eigenvalue weighted by atomic mass is 9.72. The Kier molecular flexibility index (Phi) is 24.1. The van der Waals surface area contributed by atoms with Gasteiger partial charge in [0.25, 0.3) is 11.8 Å². The summed E-state index contributed by atoms with van der Waals surface area (Å²) < 4.78 is 110. The first-order valence-corrected chi connectivity index (χ1v) is 34.1. The molecule has 6 aromatic carbocycles. The Balaban J connectivity index is 0.614. The Labute approximate surface area is 574 Å². The topological polar surface area (TPSA) is 150 Å². The number of anilines is 1. The molecule has 99 heavy (non-hydrogen) atoms. The van der Waals surface area contributed by atoms with E-state index in [-0.39, 0.29) is 55.5 Å². The smallest absolute Gasteiger partial charge is 0.416 e. The number of para-hydroxylation sites is 1. The monoisotopic (exact) mass is 1370 g/mol. The van der Waals surface area contributed by atoms with Crippen LogP contribution in [0.1, 0.15) is 118 Å². The highest BCUT2D eigenvalue weighted by molar-refractivity contribution is 5.96.